The van der Waals surface area contributed by atoms with Gasteiger partial charge in [0, 0.05) is 16.3 Å². The van der Waals surface area contributed by atoms with Crippen LogP contribution in [0.3, 0.4) is 0 Å². The number of hydrogen-bond donors (Lipinski definition) is 2. The molecule has 3 aromatic carbocycles. The van der Waals surface area contributed by atoms with Crippen molar-refractivity contribution in [3.05, 3.63) is 92.9 Å². The average molecular weight is 501 g/mol. The predicted octanol–water partition coefficient (Wildman–Crippen LogP) is 5.19. The quantitative estimate of drug-likeness (QED) is 0.346. The zero-order valence-corrected chi connectivity index (χ0v) is 18.9. The lowest BCUT2D eigenvalue weighted by molar-refractivity contribution is -0.118. The Hall–Kier alpha value is -3.16. The summed E-state index contributed by atoms with van der Waals surface area (Å²) in [5.41, 5.74) is 5.48. The molecule has 0 fully saturated rings. The van der Waals surface area contributed by atoms with Crippen LogP contribution in [0, 0.1) is 6.92 Å². The molecular formula is C23H19BrClN3O3. The third-order valence-electron chi connectivity index (χ3n) is 4.14. The van der Waals surface area contributed by atoms with Gasteiger partial charge in [-0.1, -0.05) is 29.3 Å². The Morgan fingerprint density at radius 2 is 1.77 bits per heavy atom. The van der Waals surface area contributed by atoms with Gasteiger partial charge in [-0.15, -0.1) is 0 Å². The van der Waals surface area contributed by atoms with Crippen molar-refractivity contribution >= 4 is 51.2 Å². The van der Waals surface area contributed by atoms with Gasteiger partial charge in [-0.25, -0.2) is 5.43 Å². The molecule has 6 nitrogen and oxygen atoms in total. The van der Waals surface area contributed by atoms with Crippen LogP contribution in [0.25, 0.3) is 0 Å². The molecule has 158 valence electrons. The number of amides is 2. The fourth-order valence-electron chi connectivity index (χ4n) is 2.52. The van der Waals surface area contributed by atoms with Crippen molar-refractivity contribution in [1.29, 1.82) is 0 Å². The maximum absolute atomic E-state index is 12.1. The Bertz CT molecular complexity index is 1100. The summed E-state index contributed by atoms with van der Waals surface area (Å²) in [5.74, 6) is -0.0840. The van der Waals surface area contributed by atoms with E-state index in [-0.39, 0.29) is 18.4 Å². The highest BCUT2D eigenvalue weighted by Crippen LogP contribution is 2.25. The maximum Gasteiger partial charge on any atom is 0.271 e. The number of aryl methyl sites for hydroxylation is 1. The number of hydrazone groups is 1. The lowest BCUT2D eigenvalue weighted by Crippen LogP contribution is -2.20. The van der Waals surface area contributed by atoms with Crippen molar-refractivity contribution in [2.75, 3.05) is 11.9 Å². The van der Waals surface area contributed by atoms with Crippen LogP contribution in [0.2, 0.25) is 5.02 Å². The Balaban J connectivity index is 1.51. The second kappa shape index (κ2) is 10.7. The molecule has 0 saturated heterocycles. The standard InChI is InChI=1S/C23H19BrClN3O3/c1-15-2-9-19(10-3-15)27-22(29)14-31-21-11-4-16(12-20(21)24)13-26-28-23(30)17-5-7-18(25)8-6-17/h2-13H,14H2,1H3,(H,27,29)(H,28,30)/b26-13-. The van der Waals surface area contributed by atoms with Gasteiger partial charge in [0.05, 0.1) is 10.7 Å². The molecule has 0 aliphatic carbocycles. The zero-order valence-electron chi connectivity index (χ0n) is 16.6. The Morgan fingerprint density at radius 1 is 1.06 bits per heavy atom. The number of rotatable bonds is 7. The molecule has 0 bridgehead atoms. The number of hydrogen-bond acceptors (Lipinski definition) is 4. The van der Waals surface area contributed by atoms with Gasteiger partial charge in [0.15, 0.2) is 6.61 Å². The Kier molecular flexibility index (Phi) is 7.81. The van der Waals surface area contributed by atoms with E-state index < -0.39 is 0 Å². The van der Waals surface area contributed by atoms with Crippen LogP contribution in [-0.2, 0) is 4.79 Å². The van der Waals surface area contributed by atoms with Crippen LogP contribution >= 0.6 is 27.5 Å². The summed E-state index contributed by atoms with van der Waals surface area (Å²) in [6.07, 6.45) is 1.51. The summed E-state index contributed by atoms with van der Waals surface area (Å²) in [6.45, 7) is 1.85. The normalized spacial score (nSPS) is 10.7. The first-order valence-electron chi connectivity index (χ1n) is 9.28. The average Bonchev–Trinajstić information content (AvgIpc) is 2.75. The van der Waals surface area contributed by atoms with Crippen molar-refractivity contribution in [3.63, 3.8) is 0 Å². The molecule has 8 heteroatoms. The topological polar surface area (TPSA) is 79.8 Å². The number of nitrogens with one attached hydrogen (secondary N) is 2. The summed E-state index contributed by atoms with van der Waals surface area (Å²) >= 11 is 9.23. The molecule has 0 aliphatic rings. The molecule has 0 heterocycles. The number of anilines is 1. The molecule has 0 radical (unpaired) electrons. The van der Waals surface area contributed by atoms with Crippen LogP contribution in [-0.4, -0.2) is 24.6 Å². The number of carbonyl (C=O) groups excluding carboxylic acids is 2. The van der Waals surface area contributed by atoms with E-state index in [0.717, 1.165) is 11.1 Å². The molecule has 0 aliphatic heterocycles. The maximum atomic E-state index is 12.1. The molecule has 0 atom stereocenters. The predicted molar refractivity (Wildman–Crippen MR) is 126 cm³/mol. The molecule has 31 heavy (non-hydrogen) atoms. The fourth-order valence-corrected chi connectivity index (χ4v) is 3.16. The van der Waals surface area contributed by atoms with Crippen molar-refractivity contribution < 1.29 is 14.3 Å². The van der Waals surface area contributed by atoms with Crippen molar-refractivity contribution in [2.24, 2.45) is 5.10 Å². The number of nitrogens with zero attached hydrogens (tertiary/aromatic N) is 1. The first kappa shape index (κ1) is 22.5. The zero-order chi connectivity index (χ0) is 22.2. The van der Waals surface area contributed by atoms with E-state index in [9.17, 15) is 9.59 Å². The van der Waals surface area contributed by atoms with Gasteiger partial charge in [0.25, 0.3) is 11.8 Å². The van der Waals surface area contributed by atoms with Gasteiger partial charge < -0.3 is 10.1 Å². The van der Waals surface area contributed by atoms with Gasteiger partial charge in [0.2, 0.25) is 0 Å². The van der Waals surface area contributed by atoms with Gasteiger partial charge >= 0.3 is 0 Å². The fraction of sp³-hybridized carbons (Fsp3) is 0.0870. The molecular weight excluding hydrogens is 482 g/mol. The van der Waals surface area contributed by atoms with Crippen molar-refractivity contribution in [3.8, 4) is 5.75 Å². The second-order valence-electron chi connectivity index (χ2n) is 6.60. The SMILES string of the molecule is Cc1ccc(NC(=O)COc2ccc(/C=N\NC(=O)c3ccc(Cl)cc3)cc2Br)cc1. The van der Waals surface area contributed by atoms with Crippen molar-refractivity contribution in [2.45, 2.75) is 6.92 Å². The largest absolute Gasteiger partial charge is 0.483 e. The van der Waals surface area contributed by atoms with E-state index in [2.05, 4.69) is 31.8 Å². The van der Waals surface area contributed by atoms with E-state index in [1.165, 1.54) is 6.21 Å². The summed E-state index contributed by atoms with van der Waals surface area (Å²) in [4.78, 5) is 24.1. The van der Waals surface area contributed by atoms with E-state index in [1.807, 2.05) is 31.2 Å². The van der Waals surface area contributed by atoms with Crippen LogP contribution < -0.4 is 15.5 Å². The van der Waals surface area contributed by atoms with E-state index in [0.29, 0.717) is 26.5 Å². The third kappa shape index (κ3) is 6.94. The van der Waals surface area contributed by atoms with Crippen LogP contribution in [0.1, 0.15) is 21.5 Å². The molecule has 3 aromatic rings. The molecule has 2 amide bonds. The first-order valence-corrected chi connectivity index (χ1v) is 10.5. The minimum absolute atomic E-state index is 0.128. The third-order valence-corrected chi connectivity index (χ3v) is 5.01. The minimum atomic E-state index is -0.341. The Labute approximate surface area is 193 Å². The molecule has 0 aromatic heterocycles. The summed E-state index contributed by atoms with van der Waals surface area (Å²) in [5, 5.41) is 7.29. The van der Waals surface area contributed by atoms with Crippen molar-refractivity contribution in [1.82, 2.24) is 5.43 Å². The lowest BCUT2D eigenvalue weighted by atomic mass is 10.2. The molecule has 3 rings (SSSR count). The highest BCUT2D eigenvalue weighted by atomic mass is 79.9. The Morgan fingerprint density at radius 3 is 2.45 bits per heavy atom. The second-order valence-corrected chi connectivity index (χ2v) is 7.89. The summed E-state index contributed by atoms with van der Waals surface area (Å²) < 4.78 is 6.23. The lowest BCUT2D eigenvalue weighted by Gasteiger charge is -2.09. The summed E-state index contributed by atoms with van der Waals surface area (Å²) in [7, 11) is 0. The number of ether oxygens (including phenoxy) is 1. The summed E-state index contributed by atoms with van der Waals surface area (Å²) in [6, 6.07) is 19.3. The molecule has 0 spiro atoms. The molecule has 0 saturated carbocycles. The van der Waals surface area contributed by atoms with E-state index in [4.69, 9.17) is 16.3 Å². The highest BCUT2D eigenvalue weighted by molar-refractivity contribution is 9.10. The van der Waals surface area contributed by atoms with Gasteiger partial charge in [-0.05, 0) is 83.0 Å². The first-order chi connectivity index (χ1) is 14.9. The highest BCUT2D eigenvalue weighted by Gasteiger charge is 2.07. The number of benzene rings is 3. The van der Waals surface area contributed by atoms with E-state index in [1.54, 1.807) is 42.5 Å². The van der Waals surface area contributed by atoms with Crippen LogP contribution in [0.15, 0.2) is 76.3 Å². The number of halogens is 2. The van der Waals surface area contributed by atoms with Gasteiger partial charge in [0.1, 0.15) is 5.75 Å². The van der Waals surface area contributed by atoms with Crippen LogP contribution in [0.5, 0.6) is 5.75 Å². The van der Waals surface area contributed by atoms with Crippen LogP contribution in [0.4, 0.5) is 5.69 Å². The smallest absolute Gasteiger partial charge is 0.271 e. The molecule has 0 unspecified atom stereocenters. The van der Waals surface area contributed by atoms with E-state index >= 15 is 0 Å². The minimum Gasteiger partial charge on any atom is -0.483 e. The number of carbonyl (C=O) groups is 2. The van der Waals surface area contributed by atoms with Gasteiger partial charge in [-0.2, -0.15) is 5.10 Å². The monoisotopic (exact) mass is 499 g/mol. The van der Waals surface area contributed by atoms with Gasteiger partial charge in [-0.3, -0.25) is 9.59 Å². The molecule has 2 N–H and O–H groups in total.